The highest BCUT2D eigenvalue weighted by Crippen LogP contribution is 2.24. The molecule has 1 aliphatic heterocycles. The van der Waals surface area contributed by atoms with Crippen molar-refractivity contribution < 1.29 is 30.1 Å². The van der Waals surface area contributed by atoms with Crippen LogP contribution in [0.25, 0.3) is 0 Å². The Kier molecular flexibility index (Phi) is 6.86. The molecule has 0 aliphatic carbocycles. The van der Waals surface area contributed by atoms with E-state index in [4.69, 9.17) is 9.99 Å². The fraction of sp³-hybridized carbons (Fsp3) is 1.00. The molecular weight excluding hydrogens is 216 g/mol. The van der Waals surface area contributed by atoms with Crippen molar-refractivity contribution in [2.24, 2.45) is 11.8 Å². The molecule has 3 atom stereocenters. The molecule has 0 radical (unpaired) electrons. The monoisotopic (exact) mass is 236 g/mol. The summed E-state index contributed by atoms with van der Waals surface area (Å²) in [5.41, 5.74) is 0. The van der Waals surface area contributed by atoms with Gasteiger partial charge in [-0.25, -0.2) is 9.78 Å². The molecule has 0 amide bonds. The van der Waals surface area contributed by atoms with Gasteiger partial charge in [0.2, 0.25) is 0 Å². The lowest BCUT2D eigenvalue weighted by Gasteiger charge is -2.25. The molecule has 16 heavy (non-hydrogen) atoms. The third-order valence-electron chi connectivity index (χ3n) is 2.85. The maximum atomic E-state index is 9.44. The van der Waals surface area contributed by atoms with E-state index in [1.54, 1.807) is 0 Å². The van der Waals surface area contributed by atoms with Gasteiger partial charge in [-0.3, -0.25) is 0 Å². The van der Waals surface area contributed by atoms with Crippen LogP contribution in [0.5, 0.6) is 0 Å². The van der Waals surface area contributed by atoms with Gasteiger partial charge in [0.05, 0.1) is 25.9 Å². The number of rotatable bonds is 3. The summed E-state index contributed by atoms with van der Waals surface area (Å²) in [5.74, 6) is 0.496. The Morgan fingerprint density at radius 2 is 2.06 bits per heavy atom. The highest BCUT2D eigenvalue weighted by molar-refractivity contribution is 4.70. The molecule has 1 aliphatic rings. The first-order valence-corrected chi connectivity index (χ1v) is 5.60. The van der Waals surface area contributed by atoms with Gasteiger partial charge in [0.25, 0.3) is 0 Å². The standard InChI is InChI=1S/C10H20O6/c1-8-7-14-16-15-13-4-2-3-9(8)5-10(12)6-11/h8-12H,2-7H2,1H3. The van der Waals surface area contributed by atoms with Gasteiger partial charge >= 0.3 is 0 Å². The normalized spacial score (nSPS) is 30.9. The van der Waals surface area contributed by atoms with Gasteiger partial charge < -0.3 is 10.2 Å². The van der Waals surface area contributed by atoms with Gasteiger partial charge in [-0.2, -0.15) is 0 Å². The molecule has 0 aromatic carbocycles. The number of hydrogen-bond acceptors (Lipinski definition) is 6. The van der Waals surface area contributed by atoms with Crippen LogP contribution in [0.4, 0.5) is 0 Å². The summed E-state index contributed by atoms with van der Waals surface area (Å²) in [5, 5.41) is 26.9. The predicted molar refractivity (Wildman–Crippen MR) is 53.7 cm³/mol. The molecule has 6 nitrogen and oxygen atoms in total. The molecular formula is C10H20O6. The van der Waals surface area contributed by atoms with E-state index in [9.17, 15) is 5.11 Å². The van der Waals surface area contributed by atoms with Crippen molar-refractivity contribution in [3.8, 4) is 0 Å². The topological polar surface area (TPSA) is 77.4 Å². The summed E-state index contributed by atoms with van der Waals surface area (Å²) in [7, 11) is 0. The summed E-state index contributed by atoms with van der Waals surface area (Å²) in [6.07, 6.45) is 1.59. The molecule has 6 heteroatoms. The third-order valence-corrected chi connectivity index (χ3v) is 2.85. The first-order valence-electron chi connectivity index (χ1n) is 5.60. The number of aliphatic hydroxyl groups excluding tert-OH is 2. The second-order valence-electron chi connectivity index (χ2n) is 4.19. The van der Waals surface area contributed by atoms with E-state index in [2.05, 4.69) is 15.0 Å². The molecule has 96 valence electrons. The smallest absolute Gasteiger partial charge is 0.0883 e. The van der Waals surface area contributed by atoms with Crippen LogP contribution in [0.1, 0.15) is 26.2 Å². The van der Waals surface area contributed by atoms with Crippen LogP contribution in [0.2, 0.25) is 0 Å². The van der Waals surface area contributed by atoms with E-state index in [0.717, 1.165) is 12.8 Å². The van der Waals surface area contributed by atoms with Gasteiger partial charge in [-0.15, -0.1) is 0 Å². The van der Waals surface area contributed by atoms with Gasteiger partial charge in [0, 0.05) is 0 Å². The van der Waals surface area contributed by atoms with Crippen LogP contribution in [-0.2, 0) is 19.9 Å². The Bertz CT molecular complexity index is 177. The highest BCUT2D eigenvalue weighted by Gasteiger charge is 2.22. The van der Waals surface area contributed by atoms with Crippen molar-refractivity contribution in [3.05, 3.63) is 0 Å². The fourth-order valence-electron chi connectivity index (χ4n) is 1.81. The van der Waals surface area contributed by atoms with E-state index in [1.165, 1.54) is 0 Å². The largest absolute Gasteiger partial charge is 0.394 e. The molecule has 0 bridgehead atoms. The quantitative estimate of drug-likeness (QED) is 0.698. The second-order valence-corrected chi connectivity index (χ2v) is 4.19. The Morgan fingerprint density at radius 3 is 2.81 bits per heavy atom. The number of hydrogen-bond donors (Lipinski definition) is 2. The molecule has 1 heterocycles. The van der Waals surface area contributed by atoms with E-state index in [0.29, 0.717) is 19.6 Å². The molecule has 2 N–H and O–H groups in total. The van der Waals surface area contributed by atoms with Crippen molar-refractivity contribution in [1.29, 1.82) is 0 Å². The van der Waals surface area contributed by atoms with Gasteiger partial charge in [-0.1, -0.05) is 6.92 Å². The lowest BCUT2D eigenvalue weighted by atomic mass is 9.86. The van der Waals surface area contributed by atoms with Crippen molar-refractivity contribution in [1.82, 2.24) is 0 Å². The Labute approximate surface area is 94.8 Å². The van der Waals surface area contributed by atoms with Gasteiger partial charge in [0.15, 0.2) is 0 Å². The van der Waals surface area contributed by atoms with E-state index in [1.807, 2.05) is 6.92 Å². The van der Waals surface area contributed by atoms with Crippen LogP contribution in [0.15, 0.2) is 0 Å². The summed E-state index contributed by atoms with van der Waals surface area (Å²) in [4.78, 5) is 9.44. The van der Waals surface area contributed by atoms with E-state index in [-0.39, 0.29) is 18.4 Å². The predicted octanol–water partition coefficient (Wildman–Crippen LogP) is 0.587. The molecule has 1 saturated heterocycles. The Morgan fingerprint density at radius 1 is 1.31 bits per heavy atom. The maximum absolute atomic E-state index is 9.44. The van der Waals surface area contributed by atoms with Crippen LogP contribution in [0, 0.1) is 11.8 Å². The van der Waals surface area contributed by atoms with E-state index < -0.39 is 6.10 Å². The van der Waals surface area contributed by atoms with Crippen LogP contribution in [-0.4, -0.2) is 36.1 Å². The van der Waals surface area contributed by atoms with Gasteiger partial charge in [-0.05, 0) is 41.2 Å². The van der Waals surface area contributed by atoms with Gasteiger partial charge in [0.1, 0.15) is 0 Å². The first-order chi connectivity index (χ1) is 7.74. The minimum Gasteiger partial charge on any atom is -0.394 e. The van der Waals surface area contributed by atoms with E-state index >= 15 is 0 Å². The summed E-state index contributed by atoms with van der Waals surface area (Å²) in [6, 6.07) is 0. The molecule has 1 fully saturated rings. The molecule has 0 spiro atoms. The minimum absolute atomic E-state index is 0.208. The average molecular weight is 236 g/mol. The zero-order valence-electron chi connectivity index (χ0n) is 9.50. The molecule has 0 aromatic rings. The highest BCUT2D eigenvalue weighted by atomic mass is 17.7. The molecule has 1 rings (SSSR count). The van der Waals surface area contributed by atoms with Crippen molar-refractivity contribution in [2.45, 2.75) is 32.3 Å². The minimum atomic E-state index is -0.673. The average Bonchev–Trinajstić information content (AvgIpc) is 2.30. The van der Waals surface area contributed by atoms with Crippen molar-refractivity contribution >= 4 is 0 Å². The lowest BCUT2D eigenvalue weighted by Crippen LogP contribution is -2.25. The number of aliphatic hydroxyl groups is 2. The zero-order chi connectivity index (χ0) is 11.8. The van der Waals surface area contributed by atoms with Crippen LogP contribution in [0.3, 0.4) is 0 Å². The van der Waals surface area contributed by atoms with Crippen LogP contribution < -0.4 is 0 Å². The molecule has 3 unspecified atom stereocenters. The Balaban J connectivity index is 2.40. The molecule has 0 aromatic heterocycles. The van der Waals surface area contributed by atoms with Crippen LogP contribution >= 0.6 is 0 Å². The first kappa shape index (κ1) is 13.8. The lowest BCUT2D eigenvalue weighted by molar-refractivity contribution is -0.636. The zero-order valence-corrected chi connectivity index (χ0v) is 9.50. The van der Waals surface area contributed by atoms with Crippen molar-refractivity contribution in [3.63, 3.8) is 0 Å². The summed E-state index contributed by atoms with van der Waals surface area (Å²) < 4.78 is 0. The SMILES string of the molecule is CC1COOOOCCCC1CC(O)CO. The van der Waals surface area contributed by atoms with Crippen molar-refractivity contribution in [2.75, 3.05) is 19.8 Å². The summed E-state index contributed by atoms with van der Waals surface area (Å²) in [6.45, 7) is 2.59. The second kappa shape index (κ2) is 7.94. The third kappa shape index (κ3) is 5.20. The Hall–Kier alpha value is -0.240. The fourth-order valence-corrected chi connectivity index (χ4v) is 1.81. The summed E-state index contributed by atoms with van der Waals surface area (Å²) >= 11 is 0. The maximum Gasteiger partial charge on any atom is 0.0883 e. The molecule has 0 saturated carbocycles.